The van der Waals surface area contributed by atoms with Gasteiger partial charge in [-0.1, -0.05) is 0 Å². The third-order valence-corrected chi connectivity index (χ3v) is 38.0. The summed E-state index contributed by atoms with van der Waals surface area (Å²) in [6, 6.07) is 0. The third-order valence-electron chi connectivity index (χ3n) is 7.87. The van der Waals surface area contributed by atoms with E-state index >= 15 is 0 Å². The molecule has 0 aromatic carbocycles. The molecule has 0 aliphatic rings. The maximum absolute atomic E-state index is 6.73. The van der Waals surface area contributed by atoms with Crippen LogP contribution in [-0.2, 0) is 4.43 Å². The fraction of sp³-hybridized carbons (Fsp3) is 0.929. The van der Waals surface area contributed by atoms with Gasteiger partial charge in [0.2, 0.25) is 0 Å². The Bertz CT molecular complexity index is 490. The molecule has 0 heterocycles. The standard InChI is InChI=1S/C16H35OSi2.3C4H9.Sn/c1-13(2)19(14(3)4,15(5)6)12-11-16(7)17-18(8,9)10;3*1-3-4-2;/h11,13-16H,1-10H3;3*1,3-4H2,2H3;. The molecule has 0 spiro atoms. The van der Waals surface area contributed by atoms with Crippen LogP contribution in [0.1, 0.15) is 108 Å². The second-order valence-corrected chi connectivity index (χ2v) is 37.4. The van der Waals surface area contributed by atoms with Crippen molar-refractivity contribution in [1.82, 2.24) is 0 Å². The van der Waals surface area contributed by atoms with E-state index in [9.17, 15) is 0 Å². The summed E-state index contributed by atoms with van der Waals surface area (Å²) in [6.07, 6.45) is 11.5. The first-order chi connectivity index (χ1) is 14.7. The molecule has 0 N–H and O–H groups in total. The van der Waals surface area contributed by atoms with Crippen molar-refractivity contribution < 1.29 is 4.43 Å². The van der Waals surface area contributed by atoms with Crippen LogP contribution in [0.4, 0.5) is 0 Å². The van der Waals surface area contributed by atoms with Crippen LogP contribution in [0.25, 0.3) is 0 Å². The number of unbranched alkanes of at least 4 members (excludes halogenated alkanes) is 3. The molecule has 0 aromatic heterocycles. The van der Waals surface area contributed by atoms with E-state index in [4.69, 9.17) is 4.43 Å². The molecule has 0 fully saturated rings. The number of hydrogen-bond donors (Lipinski definition) is 0. The van der Waals surface area contributed by atoms with Crippen molar-refractivity contribution in [2.75, 3.05) is 0 Å². The Morgan fingerprint density at radius 2 is 1.03 bits per heavy atom. The first-order valence-electron chi connectivity index (χ1n) is 14.2. The molecule has 0 amide bonds. The van der Waals surface area contributed by atoms with Gasteiger partial charge in [0, 0.05) is 0 Å². The van der Waals surface area contributed by atoms with Crippen molar-refractivity contribution in [3.05, 3.63) is 9.29 Å². The van der Waals surface area contributed by atoms with Gasteiger partial charge in [-0.05, 0) is 0 Å². The molecule has 4 heteroatoms. The van der Waals surface area contributed by atoms with Crippen LogP contribution in [0.2, 0.25) is 49.6 Å². The Labute approximate surface area is 211 Å². The third kappa shape index (κ3) is 9.18. The first kappa shape index (κ1) is 32.9. The molecule has 192 valence electrons. The molecule has 0 saturated heterocycles. The Morgan fingerprint density at radius 3 is 1.28 bits per heavy atom. The normalized spacial score (nSPS) is 15.3. The molecule has 0 radical (unpaired) electrons. The summed E-state index contributed by atoms with van der Waals surface area (Å²) < 4.78 is 13.6. The Hall–Kier alpha value is 0.932. The van der Waals surface area contributed by atoms with Crippen molar-refractivity contribution in [2.24, 2.45) is 0 Å². The van der Waals surface area contributed by atoms with Crippen LogP contribution in [0.5, 0.6) is 0 Å². The first-order valence-corrected chi connectivity index (χ1v) is 27.3. The van der Waals surface area contributed by atoms with Gasteiger partial charge < -0.3 is 0 Å². The fourth-order valence-corrected chi connectivity index (χ4v) is 48.1. The van der Waals surface area contributed by atoms with Gasteiger partial charge in [0.05, 0.1) is 0 Å². The van der Waals surface area contributed by atoms with Crippen LogP contribution in [-0.4, -0.2) is 40.9 Å². The van der Waals surface area contributed by atoms with Crippen molar-refractivity contribution in [3.63, 3.8) is 0 Å². The van der Waals surface area contributed by atoms with Gasteiger partial charge in [-0.15, -0.1) is 0 Å². The van der Waals surface area contributed by atoms with Crippen LogP contribution in [0, 0.1) is 0 Å². The van der Waals surface area contributed by atoms with E-state index in [1.807, 2.05) is 0 Å². The van der Waals surface area contributed by atoms with E-state index in [0.29, 0.717) is 0 Å². The Morgan fingerprint density at radius 1 is 0.688 bits per heavy atom. The van der Waals surface area contributed by atoms with E-state index in [2.05, 4.69) is 98.2 Å². The Kier molecular flexibility index (Phi) is 15.6. The second-order valence-electron chi connectivity index (χ2n) is 12.5. The van der Waals surface area contributed by atoms with Gasteiger partial charge in [-0.2, -0.15) is 0 Å². The minimum atomic E-state index is -2.59. The SMILES string of the molecule is CCC[CH2][Sn]([CH2]CCC)([CH2]CCC)/[C](=C/C(C)O[Si](C)(C)C)[Si](C(C)C)(C(C)C)C(C)C. The van der Waals surface area contributed by atoms with Crippen molar-refractivity contribution in [3.8, 4) is 0 Å². The van der Waals surface area contributed by atoms with Gasteiger partial charge in [-0.3, -0.25) is 0 Å². The second kappa shape index (κ2) is 15.1. The molecule has 0 aliphatic heterocycles. The molecule has 0 saturated carbocycles. The summed E-state index contributed by atoms with van der Waals surface area (Å²) in [4.78, 5) is 0. The zero-order chi connectivity index (χ0) is 25.2. The Balaban J connectivity index is 7.15. The van der Waals surface area contributed by atoms with Crippen LogP contribution >= 0.6 is 0 Å². The van der Waals surface area contributed by atoms with Crippen molar-refractivity contribution in [1.29, 1.82) is 0 Å². The molecule has 0 aliphatic carbocycles. The van der Waals surface area contributed by atoms with Gasteiger partial charge in [0.15, 0.2) is 0 Å². The van der Waals surface area contributed by atoms with Gasteiger partial charge in [0.1, 0.15) is 0 Å². The summed E-state index contributed by atoms with van der Waals surface area (Å²) in [7, 11) is -3.26. The molecule has 1 nitrogen and oxygen atoms in total. The topological polar surface area (TPSA) is 9.23 Å². The molecule has 0 rings (SSSR count). The summed E-state index contributed by atoms with van der Waals surface area (Å²) in [5, 5.41) is 0. The fourth-order valence-electron chi connectivity index (χ4n) is 6.86. The monoisotopic (exact) mass is 590 g/mol. The predicted molar refractivity (Wildman–Crippen MR) is 158 cm³/mol. The maximum atomic E-state index is 6.73. The predicted octanol–water partition coefficient (Wildman–Crippen LogP) is 10.8. The molecule has 1 atom stereocenters. The number of rotatable bonds is 17. The average molecular weight is 590 g/mol. The van der Waals surface area contributed by atoms with Gasteiger partial charge >= 0.3 is 212 Å². The molecular formula is C28H62OSi2Sn. The molecule has 1 unspecified atom stereocenters. The number of hydrogen-bond acceptors (Lipinski definition) is 1. The van der Waals surface area contributed by atoms with Gasteiger partial charge in [-0.25, -0.2) is 0 Å². The van der Waals surface area contributed by atoms with Crippen molar-refractivity contribution >= 4 is 34.8 Å². The average Bonchev–Trinajstić information content (AvgIpc) is 2.65. The van der Waals surface area contributed by atoms with E-state index in [1.54, 1.807) is 13.3 Å². The zero-order valence-corrected chi connectivity index (χ0v) is 29.5. The van der Waals surface area contributed by atoms with E-state index < -0.39 is 34.8 Å². The van der Waals surface area contributed by atoms with E-state index in [0.717, 1.165) is 16.6 Å². The molecule has 0 aromatic rings. The minimum absolute atomic E-state index is 0.278. The molecule has 0 bridgehead atoms. The quantitative estimate of drug-likeness (QED) is 0.153. The summed E-state index contributed by atoms with van der Waals surface area (Å²) in [6.45, 7) is 32.2. The summed E-state index contributed by atoms with van der Waals surface area (Å²) in [5.74, 6) is 0. The molecule has 32 heavy (non-hydrogen) atoms. The molecular weight excluding hydrogens is 527 g/mol. The zero-order valence-electron chi connectivity index (χ0n) is 24.7. The van der Waals surface area contributed by atoms with Gasteiger partial charge in [0.25, 0.3) is 0 Å². The van der Waals surface area contributed by atoms with Crippen LogP contribution < -0.4 is 0 Å². The summed E-state index contributed by atoms with van der Waals surface area (Å²) >= 11 is -2.59. The van der Waals surface area contributed by atoms with E-state index in [-0.39, 0.29) is 6.10 Å². The van der Waals surface area contributed by atoms with Crippen molar-refractivity contribution in [2.45, 2.75) is 163 Å². The van der Waals surface area contributed by atoms with E-state index in [1.165, 1.54) is 38.5 Å². The van der Waals surface area contributed by atoms with Crippen LogP contribution in [0.15, 0.2) is 9.29 Å². The summed E-state index contributed by atoms with van der Waals surface area (Å²) in [5.41, 5.74) is 2.40. The van der Waals surface area contributed by atoms with Crippen LogP contribution in [0.3, 0.4) is 0 Å².